The second-order valence-electron chi connectivity index (χ2n) is 2.55. The Morgan fingerprint density at radius 3 is 2.86 bits per heavy atom. The summed E-state index contributed by atoms with van der Waals surface area (Å²) >= 11 is 0. The number of anilines is 2. The summed E-state index contributed by atoms with van der Waals surface area (Å²) in [6.45, 7) is -0.511. The smallest absolute Gasteiger partial charge is 0.255 e. The number of hydrogen-bond donors (Lipinski definition) is 2. The third kappa shape index (κ3) is 2.55. The Balaban J connectivity index is 2.75. The average Bonchev–Trinajstić information content (AvgIpc) is 2.15. The molecular formula is C8H8F2N4. The van der Waals surface area contributed by atoms with Crippen molar-refractivity contribution in [2.45, 2.75) is 6.43 Å². The normalized spacial score (nSPS) is 9.86. The van der Waals surface area contributed by atoms with Crippen LogP contribution in [-0.2, 0) is 0 Å². The fourth-order valence-electron chi connectivity index (χ4n) is 0.864. The van der Waals surface area contributed by atoms with Crippen LogP contribution in [-0.4, -0.2) is 18.0 Å². The molecule has 1 aromatic heterocycles. The van der Waals surface area contributed by atoms with Gasteiger partial charge >= 0.3 is 0 Å². The van der Waals surface area contributed by atoms with Gasteiger partial charge in [0.25, 0.3) is 6.43 Å². The number of rotatable bonds is 3. The van der Waals surface area contributed by atoms with E-state index < -0.39 is 13.0 Å². The molecule has 0 fully saturated rings. The topological polar surface area (TPSA) is 74.7 Å². The molecule has 0 spiro atoms. The first-order chi connectivity index (χ1) is 6.63. The van der Waals surface area contributed by atoms with Gasteiger partial charge in [0.1, 0.15) is 11.9 Å². The summed E-state index contributed by atoms with van der Waals surface area (Å²) in [6, 6.07) is 3.22. The van der Waals surface area contributed by atoms with Crippen LogP contribution in [0.3, 0.4) is 0 Å². The molecule has 1 aromatic rings. The minimum atomic E-state index is -2.47. The van der Waals surface area contributed by atoms with E-state index in [1.54, 1.807) is 0 Å². The fourth-order valence-corrected chi connectivity index (χ4v) is 0.864. The highest BCUT2D eigenvalue weighted by Crippen LogP contribution is 2.15. The zero-order chi connectivity index (χ0) is 10.6. The third-order valence-corrected chi connectivity index (χ3v) is 1.47. The molecule has 0 radical (unpaired) electrons. The molecule has 0 saturated carbocycles. The number of nitrogen functional groups attached to an aromatic ring is 1. The highest BCUT2D eigenvalue weighted by molar-refractivity contribution is 5.62. The highest BCUT2D eigenvalue weighted by Gasteiger charge is 2.05. The van der Waals surface area contributed by atoms with Gasteiger partial charge in [-0.3, -0.25) is 0 Å². The molecule has 74 valence electrons. The lowest BCUT2D eigenvalue weighted by molar-refractivity contribution is 0.163. The molecule has 0 atom stereocenters. The van der Waals surface area contributed by atoms with E-state index in [4.69, 9.17) is 11.0 Å². The third-order valence-electron chi connectivity index (χ3n) is 1.47. The molecule has 0 aliphatic heterocycles. The first-order valence-electron chi connectivity index (χ1n) is 3.81. The minimum Gasteiger partial charge on any atom is -0.396 e. The van der Waals surface area contributed by atoms with Gasteiger partial charge in [0.05, 0.1) is 17.8 Å². The maximum Gasteiger partial charge on any atom is 0.255 e. The van der Waals surface area contributed by atoms with Crippen LogP contribution in [0.5, 0.6) is 0 Å². The lowest BCUT2D eigenvalue weighted by atomic mass is 10.3. The average molecular weight is 198 g/mol. The summed E-state index contributed by atoms with van der Waals surface area (Å²) in [7, 11) is 0. The van der Waals surface area contributed by atoms with Crippen molar-refractivity contribution < 1.29 is 8.78 Å². The lowest BCUT2D eigenvalue weighted by Gasteiger charge is -2.06. The summed E-state index contributed by atoms with van der Waals surface area (Å²) in [5, 5.41) is 10.9. The van der Waals surface area contributed by atoms with Crippen LogP contribution in [0.4, 0.5) is 20.3 Å². The van der Waals surface area contributed by atoms with Crippen molar-refractivity contribution >= 4 is 11.5 Å². The molecule has 0 bridgehead atoms. The number of halogens is 2. The van der Waals surface area contributed by atoms with Gasteiger partial charge in [0.15, 0.2) is 0 Å². The Bertz CT molecular complexity index is 359. The standard InChI is InChI=1S/C8H8F2N4/c9-7(10)4-14-8-6(12)1-5(2-11)3-13-8/h1,3,7H,4,12H2,(H,13,14). The summed E-state index contributed by atoms with van der Waals surface area (Å²) in [5.41, 5.74) is 5.94. The monoisotopic (exact) mass is 198 g/mol. The summed E-state index contributed by atoms with van der Waals surface area (Å²) in [4.78, 5) is 3.73. The van der Waals surface area contributed by atoms with Gasteiger partial charge in [-0.05, 0) is 6.07 Å². The van der Waals surface area contributed by atoms with Gasteiger partial charge in [-0.2, -0.15) is 5.26 Å². The SMILES string of the molecule is N#Cc1cnc(NCC(F)F)c(N)c1. The molecule has 0 aliphatic rings. The molecular weight excluding hydrogens is 190 g/mol. The summed E-state index contributed by atoms with van der Waals surface area (Å²) in [5.74, 6) is 0.171. The van der Waals surface area contributed by atoms with Crippen molar-refractivity contribution in [3.63, 3.8) is 0 Å². The van der Waals surface area contributed by atoms with Gasteiger partial charge in [-0.25, -0.2) is 13.8 Å². The summed E-state index contributed by atoms with van der Waals surface area (Å²) < 4.78 is 23.6. The van der Waals surface area contributed by atoms with Crippen LogP contribution in [0, 0.1) is 11.3 Å². The second-order valence-corrected chi connectivity index (χ2v) is 2.55. The Kier molecular flexibility index (Phi) is 3.18. The lowest BCUT2D eigenvalue weighted by Crippen LogP contribution is -2.12. The van der Waals surface area contributed by atoms with E-state index in [1.807, 2.05) is 6.07 Å². The van der Waals surface area contributed by atoms with E-state index in [1.165, 1.54) is 12.3 Å². The largest absolute Gasteiger partial charge is 0.396 e. The first kappa shape index (κ1) is 10.2. The zero-order valence-corrected chi connectivity index (χ0v) is 7.17. The molecule has 0 aromatic carbocycles. The molecule has 0 aliphatic carbocycles. The molecule has 4 nitrogen and oxygen atoms in total. The number of nitriles is 1. The molecule has 1 heterocycles. The predicted octanol–water partition coefficient (Wildman–Crippen LogP) is 1.21. The Labute approximate surface area is 79.4 Å². The van der Waals surface area contributed by atoms with Gasteiger partial charge in [0, 0.05) is 6.20 Å². The van der Waals surface area contributed by atoms with Crippen molar-refractivity contribution in [3.8, 4) is 6.07 Å². The number of nitrogens with one attached hydrogen (secondary N) is 1. The molecule has 3 N–H and O–H groups in total. The van der Waals surface area contributed by atoms with Crippen molar-refractivity contribution in [2.24, 2.45) is 0 Å². The number of nitrogens with zero attached hydrogens (tertiary/aromatic N) is 2. The predicted molar refractivity (Wildman–Crippen MR) is 47.9 cm³/mol. The van der Waals surface area contributed by atoms with Crippen LogP contribution in [0.1, 0.15) is 5.56 Å². The molecule has 1 rings (SSSR count). The quantitative estimate of drug-likeness (QED) is 0.765. The highest BCUT2D eigenvalue weighted by atomic mass is 19.3. The molecule has 14 heavy (non-hydrogen) atoms. The van der Waals surface area contributed by atoms with Crippen molar-refractivity contribution in [1.82, 2.24) is 4.98 Å². The minimum absolute atomic E-state index is 0.171. The first-order valence-corrected chi connectivity index (χ1v) is 3.81. The fraction of sp³-hybridized carbons (Fsp3) is 0.250. The van der Waals surface area contributed by atoms with Gasteiger partial charge in [-0.15, -0.1) is 0 Å². The summed E-state index contributed by atoms with van der Waals surface area (Å²) in [6.07, 6.45) is -1.20. The number of pyridine rings is 1. The van der Waals surface area contributed by atoms with Gasteiger partial charge in [0.2, 0.25) is 0 Å². The maximum atomic E-state index is 11.8. The molecule has 6 heteroatoms. The van der Waals surface area contributed by atoms with E-state index in [9.17, 15) is 8.78 Å². The number of aromatic nitrogens is 1. The van der Waals surface area contributed by atoms with Gasteiger partial charge < -0.3 is 11.1 Å². The maximum absolute atomic E-state index is 11.8. The number of alkyl halides is 2. The molecule has 0 saturated heterocycles. The zero-order valence-electron chi connectivity index (χ0n) is 7.17. The van der Waals surface area contributed by atoms with E-state index >= 15 is 0 Å². The van der Waals surface area contributed by atoms with E-state index in [0.29, 0.717) is 5.56 Å². The number of nitrogens with two attached hydrogens (primary N) is 1. The van der Waals surface area contributed by atoms with Crippen LogP contribution < -0.4 is 11.1 Å². The molecule has 0 unspecified atom stereocenters. The molecule has 0 amide bonds. The van der Waals surface area contributed by atoms with E-state index in [2.05, 4.69) is 10.3 Å². The Morgan fingerprint density at radius 2 is 2.36 bits per heavy atom. The van der Waals surface area contributed by atoms with Crippen molar-refractivity contribution in [3.05, 3.63) is 17.8 Å². The van der Waals surface area contributed by atoms with Crippen LogP contribution in [0.25, 0.3) is 0 Å². The van der Waals surface area contributed by atoms with Crippen molar-refractivity contribution in [1.29, 1.82) is 5.26 Å². The van der Waals surface area contributed by atoms with Crippen LogP contribution in [0.15, 0.2) is 12.3 Å². The van der Waals surface area contributed by atoms with Crippen molar-refractivity contribution in [2.75, 3.05) is 17.6 Å². The van der Waals surface area contributed by atoms with E-state index in [0.717, 1.165) is 0 Å². The van der Waals surface area contributed by atoms with E-state index in [-0.39, 0.29) is 11.5 Å². The van der Waals surface area contributed by atoms with Gasteiger partial charge in [-0.1, -0.05) is 0 Å². The Morgan fingerprint density at radius 1 is 1.64 bits per heavy atom. The Hall–Kier alpha value is -1.90. The number of hydrogen-bond acceptors (Lipinski definition) is 4. The van der Waals surface area contributed by atoms with Crippen LogP contribution in [0.2, 0.25) is 0 Å². The second kappa shape index (κ2) is 4.37. The van der Waals surface area contributed by atoms with Crippen LogP contribution >= 0.6 is 0 Å².